The van der Waals surface area contributed by atoms with E-state index in [1.807, 2.05) is 24.3 Å². The van der Waals surface area contributed by atoms with E-state index in [0.29, 0.717) is 5.82 Å². The number of aromatic carboxylic acids is 1. The van der Waals surface area contributed by atoms with Gasteiger partial charge >= 0.3 is 5.97 Å². The average molecular weight is 269 g/mol. The van der Waals surface area contributed by atoms with Gasteiger partial charge in [-0.25, -0.2) is 14.5 Å². The first-order valence-corrected chi connectivity index (χ1v) is 5.92. The molecule has 100 valence electrons. The van der Waals surface area contributed by atoms with E-state index < -0.39 is 5.97 Å². The third kappa shape index (κ3) is 1.87. The van der Waals surface area contributed by atoms with E-state index >= 15 is 0 Å². The molecule has 0 radical (unpaired) electrons. The minimum Gasteiger partial charge on any atom is -0.496 e. The fourth-order valence-corrected chi connectivity index (χ4v) is 2.08. The van der Waals surface area contributed by atoms with Crippen molar-refractivity contribution >= 4 is 16.7 Å². The lowest BCUT2D eigenvalue weighted by Crippen LogP contribution is -2.03. The Hall–Kier alpha value is -2.89. The van der Waals surface area contributed by atoms with Gasteiger partial charge in [-0.3, -0.25) is 0 Å². The lowest BCUT2D eigenvalue weighted by Gasteiger charge is -2.08. The molecule has 3 aromatic rings. The van der Waals surface area contributed by atoms with E-state index in [9.17, 15) is 4.79 Å². The molecule has 0 aliphatic carbocycles. The second kappa shape index (κ2) is 4.65. The van der Waals surface area contributed by atoms with Crippen molar-refractivity contribution in [3.05, 3.63) is 48.4 Å². The van der Waals surface area contributed by atoms with Gasteiger partial charge in [0.1, 0.15) is 5.75 Å². The van der Waals surface area contributed by atoms with E-state index in [4.69, 9.17) is 9.84 Å². The second-order valence-corrected chi connectivity index (χ2v) is 4.14. The molecule has 0 unspecified atom stereocenters. The molecule has 0 atom stereocenters. The number of hydrogen-bond acceptors (Lipinski definition) is 4. The maximum atomic E-state index is 10.9. The van der Waals surface area contributed by atoms with Gasteiger partial charge in [0.05, 0.1) is 7.11 Å². The van der Waals surface area contributed by atoms with Crippen molar-refractivity contribution in [2.45, 2.75) is 0 Å². The van der Waals surface area contributed by atoms with Crippen LogP contribution in [-0.2, 0) is 0 Å². The summed E-state index contributed by atoms with van der Waals surface area (Å²) < 4.78 is 6.76. The number of methoxy groups -OCH3 is 1. The molecule has 1 aromatic carbocycles. The SMILES string of the molecule is COc1cccc2c(-n3ccc(C(=O)O)n3)nccc12. The smallest absolute Gasteiger partial charge is 0.356 e. The molecule has 20 heavy (non-hydrogen) atoms. The van der Waals surface area contributed by atoms with Gasteiger partial charge < -0.3 is 9.84 Å². The van der Waals surface area contributed by atoms with Crippen molar-refractivity contribution in [2.24, 2.45) is 0 Å². The number of ether oxygens (including phenoxy) is 1. The molecule has 0 fully saturated rings. The highest BCUT2D eigenvalue weighted by atomic mass is 16.5. The Labute approximate surface area is 114 Å². The molecule has 1 N–H and O–H groups in total. The van der Waals surface area contributed by atoms with Gasteiger partial charge in [0.25, 0.3) is 0 Å². The van der Waals surface area contributed by atoms with Crippen LogP contribution in [0.5, 0.6) is 5.75 Å². The molecular weight excluding hydrogens is 258 g/mol. The molecule has 3 rings (SSSR count). The summed E-state index contributed by atoms with van der Waals surface area (Å²) >= 11 is 0. The number of aromatic nitrogens is 3. The Kier molecular flexibility index (Phi) is 2.83. The summed E-state index contributed by atoms with van der Waals surface area (Å²) in [5, 5.41) is 14.7. The number of carbonyl (C=O) groups is 1. The zero-order chi connectivity index (χ0) is 14.1. The molecule has 6 nitrogen and oxygen atoms in total. The van der Waals surface area contributed by atoms with Crippen LogP contribution in [0, 0.1) is 0 Å². The lowest BCUT2D eigenvalue weighted by atomic mass is 10.1. The van der Waals surface area contributed by atoms with E-state index in [1.165, 1.54) is 10.7 Å². The van der Waals surface area contributed by atoms with Crippen LogP contribution in [0.15, 0.2) is 42.7 Å². The van der Waals surface area contributed by atoms with Crippen LogP contribution in [-0.4, -0.2) is 33.0 Å². The highest BCUT2D eigenvalue weighted by Crippen LogP contribution is 2.28. The number of carboxylic acid groups (broad SMARTS) is 1. The second-order valence-electron chi connectivity index (χ2n) is 4.14. The molecule has 0 aliphatic heterocycles. The number of nitrogens with zero attached hydrogens (tertiary/aromatic N) is 3. The summed E-state index contributed by atoms with van der Waals surface area (Å²) in [6.45, 7) is 0. The fourth-order valence-electron chi connectivity index (χ4n) is 2.08. The van der Waals surface area contributed by atoms with Crippen LogP contribution in [0.4, 0.5) is 0 Å². The Bertz CT molecular complexity index is 795. The first-order valence-electron chi connectivity index (χ1n) is 5.92. The molecule has 0 saturated carbocycles. The van der Waals surface area contributed by atoms with E-state index in [-0.39, 0.29) is 5.69 Å². The summed E-state index contributed by atoms with van der Waals surface area (Å²) in [6.07, 6.45) is 3.22. The Morgan fingerprint density at radius 1 is 1.25 bits per heavy atom. The van der Waals surface area contributed by atoms with Crippen molar-refractivity contribution in [1.29, 1.82) is 0 Å². The van der Waals surface area contributed by atoms with Crippen molar-refractivity contribution < 1.29 is 14.6 Å². The Balaban J connectivity index is 2.23. The van der Waals surface area contributed by atoms with Crippen LogP contribution < -0.4 is 4.74 Å². The summed E-state index contributed by atoms with van der Waals surface area (Å²) in [6, 6.07) is 8.89. The normalized spacial score (nSPS) is 10.7. The molecule has 0 bridgehead atoms. The highest BCUT2D eigenvalue weighted by molar-refractivity contribution is 5.93. The minimum atomic E-state index is -1.07. The van der Waals surface area contributed by atoms with Crippen LogP contribution in [0.2, 0.25) is 0 Å². The number of hydrogen-bond donors (Lipinski definition) is 1. The Morgan fingerprint density at radius 3 is 2.80 bits per heavy atom. The van der Waals surface area contributed by atoms with Gasteiger partial charge in [-0.1, -0.05) is 12.1 Å². The fraction of sp³-hybridized carbons (Fsp3) is 0.0714. The van der Waals surface area contributed by atoms with Crippen molar-refractivity contribution in [2.75, 3.05) is 7.11 Å². The molecule has 6 heteroatoms. The van der Waals surface area contributed by atoms with Crippen molar-refractivity contribution in [3.63, 3.8) is 0 Å². The molecule has 0 amide bonds. The standard InChI is InChI=1S/C14H11N3O3/c1-20-12-4-2-3-10-9(12)5-7-15-13(10)17-8-6-11(16-17)14(18)19/h2-8H,1H3,(H,18,19). The van der Waals surface area contributed by atoms with Crippen LogP contribution >= 0.6 is 0 Å². The van der Waals surface area contributed by atoms with Gasteiger partial charge in [0.15, 0.2) is 11.5 Å². The largest absolute Gasteiger partial charge is 0.496 e. The van der Waals surface area contributed by atoms with Gasteiger partial charge in [-0.15, -0.1) is 0 Å². The van der Waals surface area contributed by atoms with Gasteiger partial charge in [-0.05, 0) is 18.2 Å². The number of carboxylic acids is 1. The zero-order valence-electron chi connectivity index (χ0n) is 10.6. The first-order chi connectivity index (χ1) is 9.70. The predicted octanol–water partition coefficient (Wildman–Crippen LogP) is 2.13. The van der Waals surface area contributed by atoms with Crippen LogP contribution in [0.3, 0.4) is 0 Å². The quantitative estimate of drug-likeness (QED) is 0.788. The number of benzene rings is 1. The Morgan fingerprint density at radius 2 is 2.10 bits per heavy atom. The maximum absolute atomic E-state index is 10.9. The van der Waals surface area contributed by atoms with Crippen LogP contribution in [0.25, 0.3) is 16.6 Å². The summed E-state index contributed by atoms with van der Waals surface area (Å²) in [5.41, 5.74) is -0.0216. The van der Waals surface area contributed by atoms with E-state index in [0.717, 1.165) is 16.5 Å². The average Bonchev–Trinajstić information content (AvgIpc) is 2.95. The molecule has 0 saturated heterocycles. The minimum absolute atomic E-state index is 0.0216. The molecule has 0 aliphatic rings. The lowest BCUT2D eigenvalue weighted by molar-refractivity contribution is 0.0690. The van der Waals surface area contributed by atoms with Gasteiger partial charge in [-0.2, -0.15) is 5.10 Å². The van der Waals surface area contributed by atoms with Crippen molar-refractivity contribution in [3.8, 4) is 11.6 Å². The third-order valence-electron chi connectivity index (χ3n) is 2.99. The summed E-state index contributed by atoms with van der Waals surface area (Å²) in [4.78, 5) is 15.2. The topological polar surface area (TPSA) is 77.2 Å². The number of fused-ring (bicyclic) bond motifs is 1. The zero-order valence-corrected chi connectivity index (χ0v) is 10.6. The van der Waals surface area contributed by atoms with Gasteiger partial charge in [0.2, 0.25) is 0 Å². The van der Waals surface area contributed by atoms with Crippen molar-refractivity contribution in [1.82, 2.24) is 14.8 Å². The first kappa shape index (κ1) is 12.2. The number of pyridine rings is 1. The monoisotopic (exact) mass is 269 g/mol. The molecule has 0 spiro atoms. The highest BCUT2D eigenvalue weighted by Gasteiger charge is 2.12. The molecule has 2 aromatic heterocycles. The van der Waals surface area contributed by atoms with Gasteiger partial charge in [0, 0.05) is 23.2 Å². The third-order valence-corrected chi connectivity index (χ3v) is 2.99. The summed E-state index contributed by atoms with van der Waals surface area (Å²) in [7, 11) is 1.60. The van der Waals surface area contributed by atoms with E-state index in [1.54, 1.807) is 19.5 Å². The van der Waals surface area contributed by atoms with E-state index in [2.05, 4.69) is 10.1 Å². The van der Waals surface area contributed by atoms with Crippen LogP contribution in [0.1, 0.15) is 10.5 Å². The molecule has 2 heterocycles. The number of rotatable bonds is 3. The summed E-state index contributed by atoms with van der Waals surface area (Å²) in [5.74, 6) is 0.229. The molecular formula is C14H11N3O3. The maximum Gasteiger partial charge on any atom is 0.356 e. The predicted molar refractivity (Wildman–Crippen MR) is 72.4 cm³/mol.